The number of rotatable bonds is 5. The maximum absolute atomic E-state index is 12.0. The Bertz CT molecular complexity index is 690. The molecule has 1 atom stereocenters. The number of anilines is 1. The minimum atomic E-state index is -1.09. The normalized spacial score (nSPS) is 16.0. The van der Waals surface area contributed by atoms with E-state index in [0.717, 1.165) is 35.5 Å². The van der Waals surface area contributed by atoms with Gasteiger partial charge in [-0.3, -0.25) is 0 Å². The van der Waals surface area contributed by atoms with Crippen molar-refractivity contribution in [2.24, 2.45) is 0 Å². The van der Waals surface area contributed by atoms with Crippen molar-refractivity contribution in [2.75, 3.05) is 31.2 Å². The van der Waals surface area contributed by atoms with Crippen LogP contribution in [0.3, 0.4) is 0 Å². The Balaban J connectivity index is 2.14. The summed E-state index contributed by atoms with van der Waals surface area (Å²) in [7, 11) is 0. The number of alkyl carbamates (subject to hydrolysis) is 1. The van der Waals surface area contributed by atoms with Gasteiger partial charge in [0, 0.05) is 25.2 Å². The molecule has 7 heteroatoms. The van der Waals surface area contributed by atoms with E-state index in [0.29, 0.717) is 13.2 Å². The standard InChI is InChI=1S/C20H30N2O5/c1-13-14(2)17(22-8-10-26-11-9-22)7-6-15(13)12-16(18(23)24)21-19(25)27-20(3,4)5/h6-7,16H,8-12H2,1-5H3,(H,21,25)(H,23,24). The predicted octanol–water partition coefficient (Wildman–Crippen LogP) is 2.66. The zero-order valence-electron chi connectivity index (χ0n) is 16.8. The average molecular weight is 378 g/mol. The zero-order valence-corrected chi connectivity index (χ0v) is 16.8. The minimum absolute atomic E-state index is 0.199. The summed E-state index contributed by atoms with van der Waals surface area (Å²) in [5.41, 5.74) is 3.52. The first kappa shape index (κ1) is 21.0. The molecule has 0 saturated carbocycles. The lowest BCUT2D eigenvalue weighted by Crippen LogP contribution is -2.44. The highest BCUT2D eigenvalue weighted by Crippen LogP contribution is 2.27. The van der Waals surface area contributed by atoms with Crippen LogP contribution in [0.1, 0.15) is 37.5 Å². The van der Waals surface area contributed by atoms with Crippen LogP contribution in [0.4, 0.5) is 10.5 Å². The Labute approximate surface area is 160 Å². The third-order valence-electron chi connectivity index (χ3n) is 4.64. The van der Waals surface area contributed by atoms with Crippen molar-refractivity contribution in [3.05, 3.63) is 28.8 Å². The molecule has 0 spiro atoms. The lowest BCUT2D eigenvalue weighted by atomic mass is 9.95. The second kappa shape index (κ2) is 8.61. The Hall–Kier alpha value is -2.28. The largest absolute Gasteiger partial charge is 0.480 e. The number of carboxylic acids is 1. The number of carbonyl (C=O) groups excluding carboxylic acids is 1. The van der Waals surface area contributed by atoms with E-state index in [1.54, 1.807) is 20.8 Å². The fraction of sp³-hybridized carbons (Fsp3) is 0.600. The maximum atomic E-state index is 12.0. The molecule has 1 aliphatic rings. The number of morpholine rings is 1. The smallest absolute Gasteiger partial charge is 0.408 e. The summed E-state index contributed by atoms with van der Waals surface area (Å²) in [5, 5.41) is 12.0. The summed E-state index contributed by atoms with van der Waals surface area (Å²) in [6.07, 6.45) is -0.529. The topological polar surface area (TPSA) is 88.1 Å². The van der Waals surface area contributed by atoms with Crippen molar-refractivity contribution < 1.29 is 24.2 Å². The van der Waals surface area contributed by atoms with Crippen LogP contribution in [-0.4, -0.2) is 55.1 Å². The van der Waals surface area contributed by atoms with Gasteiger partial charge in [-0.1, -0.05) is 6.07 Å². The van der Waals surface area contributed by atoms with Gasteiger partial charge in [-0.25, -0.2) is 9.59 Å². The number of ether oxygens (including phenoxy) is 2. The van der Waals surface area contributed by atoms with Crippen LogP contribution in [-0.2, 0) is 20.7 Å². The van der Waals surface area contributed by atoms with Gasteiger partial charge in [-0.15, -0.1) is 0 Å². The van der Waals surface area contributed by atoms with E-state index in [-0.39, 0.29) is 6.42 Å². The number of amides is 1. The summed E-state index contributed by atoms with van der Waals surface area (Å²) < 4.78 is 10.6. The van der Waals surface area contributed by atoms with Gasteiger partial charge in [0.2, 0.25) is 0 Å². The number of hydrogen-bond acceptors (Lipinski definition) is 5. The molecular weight excluding hydrogens is 348 g/mol. The summed E-state index contributed by atoms with van der Waals surface area (Å²) in [6.45, 7) is 12.3. The van der Waals surface area contributed by atoms with E-state index < -0.39 is 23.7 Å². The van der Waals surface area contributed by atoms with Crippen LogP contribution in [0, 0.1) is 13.8 Å². The van der Waals surface area contributed by atoms with Crippen LogP contribution in [0.2, 0.25) is 0 Å². The number of aliphatic carboxylic acids is 1. The van der Waals surface area contributed by atoms with E-state index >= 15 is 0 Å². The lowest BCUT2D eigenvalue weighted by Gasteiger charge is -2.31. The second-order valence-electron chi connectivity index (χ2n) is 7.83. The van der Waals surface area contributed by atoms with Crippen molar-refractivity contribution in [1.82, 2.24) is 5.32 Å². The molecule has 0 radical (unpaired) electrons. The highest BCUT2D eigenvalue weighted by Gasteiger charge is 2.25. The van der Waals surface area contributed by atoms with Gasteiger partial charge in [0.05, 0.1) is 13.2 Å². The van der Waals surface area contributed by atoms with E-state index in [4.69, 9.17) is 9.47 Å². The number of carbonyl (C=O) groups is 2. The molecule has 150 valence electrons. The van der Waals surface area contributed by atoms with Crippen molar-refractivity contribution >= 4 is 17.7 Å². The van der Waals surface area contributed by atoms with E-state index in [1.165, 1.54) is 0 Å². The molecule has 1 aromatic rings. The number of hydrogen-bond donors (Lipinski definition) is 2. The molecule has 1 unspecified atom stereocenters. The molecule has 1 fully saturated rings. The van der Waals surface area contributed by atoms with E-state index in [9.17, 15) is 14.7 Å². The number of carboxylic acid groups (broad SMARTS) is 1. The summed E-state index contributed by atoms with van der Waals surface area (Å²) in [5.74, 6) is -1.09. The van der Waals surface area contributed by atoms with Crippen LogP contribution >= 0.6 is 0 Å². The Kier molecular flexibility index (Phi) is 6.70. The van der Waals surface area contributed by atoms with Crippen molar-refractivity contribution in [3.8, 4) is 0 Å². The van der Waals surface area contributed by atoms with Gasteiger partial charge in [0.25, 0.3) is 0 Å². The molecule has 27 heavy (non-hydrogen) atoms. The lowest BCUT2D eigenvalue weighted by molar-refractivity contribution is -0.139. The quantitative estimate of drug-likeness (QED) is 0.819. The van der Waals surface area contributed by atoms with Crippen molar-refractivity contribution in [1.29, 1.82) is 0 Å². The van der Waals surface area contributed by atoms with Crippen LogP contribution in [0.15, 0.2) is 12.1 Å². The number of benzene rings is 1. The minimum Gasteiger partial charge on any atom is -0.480 e. The van der Waals surface area contributed by atoms with Crippen LogP contribution in [0.5, 0.6) is 0 Å². The maximum Gasteiger partial charge on any atom is 0.408 e. The SMILES string of the molecule is Cc1c(CC(NC(=O)OC(C)(C)C)C(=O)O)ccc(N2CCOCC2)c1C. The van der Waals surface area contributed by atoms with Crippen LogP contribution < -0.4 is 10.2 Å². The van der Waals surface area contributed by atoms with Gasteiger partial charge in [0.1, 0.15) is 11.6 Å². The molecule has 0 aromatic heterocycles. The van der Waals surface area contributed by atoms with Gasteiger partial charge in [-0.05, 0) is 57.4 Å². The van der Waals surface area contributed by atoms with Gasteiger partial charge in [-0.2, -0.15) is 0 Å². The highest BCUT2D eigenvalue weighted by molar-refractivity contribution is 5.80. The highest BCUT2D eigenvalue weighted by atomic mass is 16.6. The number of nitrogens with one attached hydrogen (secondary N) is 1. The molecule has 7 nitrogen and oxygen atoms in total. The van der Waals surface area contributed by atoms with Gasteiger partial charge >= 0.3 is 12.1 Å². The average Bonchev–Trinajstić information content (AvgIpc) is 2.57. The molecule has 1 amide bonds. The molecule has 0 aliphatic carbocycles. The number of nitrogens with zero attached hydrogens (tertiary/aromatic N) is 1. The first-order valence-corrected chi connectivity index (χ1v) is 9.22. The predicted molar refractivity (Wildman–Crippen MR) is 103 cm³/mol. The fourth-order valence-electron chi connectivity index (χ4n) is 3.10. The van der Waals surface area contributed by atoms with E-state index in [2.05, 4.69) is 10.2 Å². The van der Waals surface area contributed by atoms with Crippen molar-refractivity contribution in [3.63, 3.8) is 0 Å². The Morgan fingerprint density at radius 1 is 1.22 bits per heavy atom. The van der Waals surface area contributed by atoms with Gasteiger partial charge < -0.3 is 24.8 Å². The summed E-state index contributed by atoms with van der Waals surface area (Å²) in [6, 6.07) is 2.92. The molecular formula is C20H30N2O5. The zero-order chi connectivity index (χ0) is 20.2. The second-order valence-corrected chi connectivity index (χ2v) is 7.83. The van der Waals surface area contributed by atoms with E-state index in [1.807, 2.05) is 26.0 Å². The first-order valence-electron chi connectivity index (χ1n) is 9.22. The molecule has 0 bridgehead atoms. The molecule has 1 aliphatic heterocycles. The Morgan fingerprint density at radius 3 is 2.41 bits per heavy atom. The molecule has 2 N–H and O–H groups in total. The third-order valence-corrected chi connectivity index (χ3v) is 4.64. The molecule has 1 aromatic carbocycles. The van der Waals surface area contributed by atoms with Crippen molar-refractivity contribution in [2.45, 2.75) is 52.7 Å². The molecule has 1 saturated heterocycles. The van der Waals surface area contributed by atoms with Crippen LogP contribution in [0.25, 0.3) is 0 Å². The monoisotopic (exact) mass is 378 g/mol. The van der Waals surface area contributed by atoms with Gasteiger partial charge in [0.15, 0.2) is 0 Å². The first-order chi connectivity index (χ1) is 12.6. The molecule has 1 heterocycles. The molecule has 2 rings (SSSR count). The summed E-state index contributed by atoms with van der Waals surface area (Å²) >= 11 is 0. The Morgan fingerprint density at radius 2 is 1.85 bits per heavy atom. The fourth-order valence-corrected chi connectivity index (χ4v) is 3.10. The third kappa shape index (κ3) is 5.85. The summed E-state index contributed by atoms with van der Waals surface area (Å²) in [4.78, 5) is 25.9.